The second-order valence-corrected chi connectivity index (χ2v) is 5.82. The molecule has 2 rings (SSSR count). The minimum atomic E-state index is -1.57. The van der Waals surface area contributed by atoms with Crippen LogP contribution in [0.1, 0.15) is 44.9 Å². The summed E-state index contributed by atoms with van der Waals surface area (Å²) in [6, 6.07) is 2.23. The number of carbonyl (C=O) groups is 1. The van der Waals surface area contributed by atoms with Crippen molar-refractivity contribution in [3.05, 3.63) is 29.6 Å². The summed E-state index contributed by atoms with van der Waals surface area (Å²) in [5.41, 5.74) is -0.324. The topological polar surface area (TPSA) is 45.7 Å². The second kappa shape index (κ2) is 8.17. The third kappa shape index (κ3) is 4.73. The first-order valence-electron chi connectivity index (χ1n) is 7.84. The smallest absolute Gasteiger partial charge is 0.279 e. The predicted octanol–water partition coefficient (Wildman–Crippen LogP) is 2.72. The summed E-state index contributed by atoms with van der Waals surface area (Å²) in [5, 5.41) is 4.25. The summed E-state index contributed by atoms with van der Waals surface area (Å²) in [4.78, 5) is 11.8. The fourth-order valence-corrected chi connectivity index (χ4v) is 2.82. The van der Waals surface area contributed by atoms with E-state index in [2.05, 4.69) is 5.32 Å². The number of halogens is 3. The van der Waals surface area contributed by atoms with Gasteiger partial charge >= 0.3 is 0 Å². The third-order valence-electron chi connectivity index (χ3n) is 4.10. The van der Waals surface area contributed by atoms with Crippen LogP contribution in [0.2, 0.25) is 0 Å². The van der Waals surface area contributed by atoms with Crippen molar-refractivity contribution in [2.45, 2.75) is 51.0 Å². The van der Waals surface area contributed by atoms with Crippen LogP contribution >= 0.6 is 0 Å². The van der Waals surface area contributed by atoms with Crippen LogP contribution in [-0.2, 0) is 4.79 Å². The molecule has 1 fully saturated rings. The quantitative estimate of drug-likeness (QED) is 0.825. The first-order chi connectivity index (χ1) is 10.6. The van der Waals surface area contributed by atoms with Gasteiger partial charge in [0.1, 0.15) is 0 Å². The zero-order valence-electron chi connectivity index (χ0n) is 12.5. The van der Waals surface area contributed by atoms with Crippen molar-refractivity contribution < 1.29 is 23.3 Å². The number of benzene rings is 1. The molecule has 22 heavy (non-hydrogen) atoms. The Kier molecular flexibility index (Phi) is 6.24. The summed E-state index contributed by atoms with van der Waals surface area (Å²) in [6.07, 6.45) is 8.23. The number of hydrogen-bond donors (Lipinski definition) is 2. The van der Waals surface area contributed by atoms with Gasteiger partial charge in [0.2, 0.25) is 0 Å². The fraction of sp³-hybridized carbons (Fsp3) is 0.562. The highest BCUT2D eigenvalue weighted by Gasteiger charge is 2.18. The monoisotopic (exact) mass is 315 g/mol. The molecule has 0 aromatic heterocycles. The fourth-order valence-electron chi connectivity index (χ4n) is 2.82. The standard InChI is InChI=1S/C16H21F3N2O/c17-12-8-9-13(16(19)15(12)18)21-14(22)10-20-11-6-4-2-1-3-5-7-11/h8-9,11,20H,1-7,10H2,(H,21,22)/p+1. The van der Waals surface area contributed by atoms with Gasteiger partial charge in [-0.25, -0.2) is 13.2 Å². The number of rotatable bonds is 4. The maximum absolute atomic E-state index is 13.5. The van der Waals surface area contributed by atoms with Crippen LogP contribution in [0.15, 0.2) is 12.1 Å². The molecule has 3 N–H and O–H groups in total. The van der Waals surface area contributed by atoms with E-state index in [4.69, 9.17) is 0 Å². The Morgan fingerprint density at radius 1 is 1.05 bits per heavy atom. The first-order valence-corrected chi connectivity index (χ1v) is 7.84. The Hall–Kier alpha value is -1.56. The molecule has 0 saturated heterocycles. The first kappa shape index (κ1) is 16.8. The highest BCUT2D eigenvalue weighted by atomic mass is 19.2. The van der Waals surface area contributed by atoms with Crippen LogP contribution in [0.3, 0.4) is 0 Å². The number of carbonyl (C=O) groups excluding carboxylic acids is 1. The molecule has 122 valence electrons. The molecule has 6 heteroatoms. The average molecular weight is 315 g/mol. The van der Waals surface area contributed by atoms with Crippen molar-refractivity contribution >= 4 is 11.6 Å². The maximum Gasteiger partial charge on any atom is 0.279 e. The lowest BCUT2D eigenvalue weighted by molar-refractivity contribution is -0.680. The van der Waals surface area contributed by atoms with Crippen molar-refractivity contribution in [3.63, 3.8) is 0 Å². The summed E-state index contributed by atoms with van der Waals surface area (Å²) >= 11 is 0. The van der Waals surface area contributed by atoms with Gasteiger partial charge in [0.25, 0.3) is 5.91 Å². The van der Waals surface area contributed by atoms with E-state index < -0.39 is 23.4 Å². The van der Waals surface area contributed by atoms with Crippen molar-refractivity contribution in [1.29, 1.82) is 0 Å². The molecule has 0 heterocycles. The van der Waals surface area contributed by atoms with Gasteiger partial charge in [0.15, 0.2) is 24.0 Å². The molecular formula is C16H22F3N2O+. The number of anilines is 1. The van der Waals surface area contributed by atoms with Gasteiger partial charge in [0, 0.05) is 0 Å². The predicted molar refractivity (Wildman–Crippen MR) is 77.8 cm³/mol. The molecule has 1 aliphatic rings. The zero-order valence-corrected chi connectivity index (χ0v) is 12.5. The lowest BCUT2D eigenvalue weighted by Crippen LogP contribution is -2.91. The van der Waals surface area contributed by atoms with Crippen LogP contribution in [0.25, 0.3) is 0 Å². The normalized spacial score (nSPS) is 16.9. The SMILES string of the molecule is O=C(C[NH2+]C1CCCCCCC1)Nc1ccc(F)c(F)c1F. The molecule has 1 saturated carbocycles. The molecule has 1 aromatic carbocycles. The number of quaternary nitrogens is 1. The van der Waals surface area contributed by atoms with Crippen LogP contribution in [-0.4, -0.2) is 18.5 Å². The van der Waals surface area contributed by atoms with Crippen LogP contribution in [0.4, 0.5) is 18.9 Å². The average Bonchev–Trinajstić information content (AvgIpc) is 2.47. The van der Waals surface area contributed by atoms with Crippen LogP contribution < -0.4 is 10.6 Å². The zero-order chi connectivity index (χ0) is 15.9. The molecule has 1 aliphatic carbocycles. The van der Waals surface area contributed by atoms with Gasteiger partial charge < -0.3 is 10.6 Å². The van der Waals surface area contributed by atoms with Gasteiger partial charge in [-0.15, -0.1) is 0 Å². The maximum atomic E-state index is 13.5. The molecule has 3 nitrogen and oxygen atoms in total. The molecule has 0 unspecified atom stereocenters. The van der Waals surface area contributed by atoms with Gasteiger partial charge in [-0.2, -0.15) is 0 Å². The molecule has 0 radical (unpaired) electrons. The Morgan fingerprint density at radius 3 is 2.36 bits per heavy atom. The van der Waals surface area contributed by atoms with Crippen LogP contribution in [0, 0.1) is 17.5 Å². The molecule has 1 aromatic rings. The van der Waals surface area contributed by atoms with E-state index in [1.807, 2.05) is 5.32 Å². The summed E-state index contributed by atoms with van der Waals surface area (Å²) in [7, 11) is 0. The van der Waals surface area contributed by atoms with Crippen molar-refractivity contribution in [2.75, 3.05) is 11.9 Å². The van der Waals surface area contributed by atoms with Gasteiger partial charge in [-0.3, -0.25) is 4.79 Å². The highest BCUT2D eigenvalue weighted by Crippen LogP contribution is 2.19. The van der Waals surface area contributed by atoms with E-state index in [-0.39, 0.29) is 12.2 Å². The van der Waals surface area contributed by atoms with E-state index in [1.165, 1.54) is 32.1 Å². The van der Waals surface area contributed by atoms with Crippen LogP contribution in [0.5, 0.6) is 0 Å². The van der Waals surface area contributed by atoms with Gasteiger partial charge in [-0.05, 0) is 37.8 Å². The number of nitrogens with one attached hydrogen (secondary N) is 1. The van der Waals surface area contributed by atoms with E-state index in [0.29, 0.717) is 6.04 Å². The molecule has 0 aliphatic heterocycles. The second-order valence-electron chi connectivity index (χ2n) is 5.82. The van der Waals surface area contributed by atoms with E-state index >= 15 is 0 Å². The molecule has 0 atom stereocenters. The van der Waals surface area contributed by atoms with E-state index in [9.17, 15) is 18.0 Å². The van der Waals surface area contributed by atoms with Crippen molar-refractivity contribution in [3.8, 4) is 0 Å². The third-order valence-corrected chi connectivity index (χ3v) is 4.10. The number of amides is 1. The summed E-state index contributed by atoms with van der Waals surface area (Å²) < 4.78 is 39.4. The minimum absolute atomic E-state index is 0.156. The van der Waals surface area contributed by atoms with Gasteiger partial charge in [0.05, 0.1) is 11.7 Å². The van der Waals surface area contributed by atoms with E-state index in [1.54, 1.807) is 0 Å². The Labute approximate surface area is 128 Å². The molecule has 0 spiro atoms. The Bertz CT molecular complexity index is 514. The highest BCUT2D eigenvalue weighted by molar-refractivity contribution is 5.91. The molecule has 0 bridgehead atoms. The largest absolute Gasteiger partial charge is 0.336 e. The van der Waals surface area contributed by atoms with Crippen molar-refractivity contribution in [1.82, 2.24) is 0 Å². The van der Waals surface area contributed by atoms with Crippen molar-refractivity contribution in [2.24, 2.45) is 0 Å². The molecular weight excluding hydrogens is 293 g/mol. The van der Waals surface area contributed by atoms with E-state index in [0.717, 1.165) is 25.0 Å². The summed E-state index contributed by atoms with van der Waals surface area (Å²) in [5.74, 6) is -4.61. The number of nitrogens with two attached hydrogens (primary N) is 1. The lowest BCUT2D eigenvalue weighted by Gasteiger charge is -2.18. The number of hydrogen-bond acceptors (Lipinski definition) is 1. The minimum Gasteiger partial charge on any atom is -0.336 e. The Balaban J connectivity index is 1.83. The Morgan fingerprint density at radius 2 is 1.68 bits per heavy atom. The summed E-state index contributed by atoms with van der Waals surface area (Å²) in [6.45, 7) is 0.156. The van der Waals surface area contributed by atoms with Gasteiger partial charge in [-0.1, -0.05) is 19.3 Å². The lowest BCUT2D eigenvalue weighted by atomic mass is 9.97. The molecule has 1 amide bonds.